The van der Waals surface area contributed by atoms with E-state index in [1.54, 1.807) is 12.1 Å². The van der Waals surface area contributed by atoms with Crippen molar-refractivity contribution in [3.8, 4) is 11.3 Å². The number of hydrogen-bond acceptors (Lipinski definition) is 2. The standard InChI is InChI=1S/C21H15BrClN3O/c1-13-2-11-18-24-19(14-5-9-17(23)10-6-14)20(26(18)12-13)25-21(27)15-3-7-16(22)8-4-15/h2-12H,1H3,(H,25,27). The van der Waals surface area contributed by atoms with Crippen molar-refractivity contribution in [2.45, 2.75) is 6.92 Å². The highest BCUT2D eigenvalue weighted by molar-refractivity contribution is 9.10. The van der Waals surface area contributed by atoms with Crippen LogP contribution in [0.1, 0.15) is 15.9 Å². The average Bonchev–Trinajstić information content (AvgIpc) is 3.00. The Labute approximate surface area is 169 Å². The number of halogens is 2. The smallest absolute Gasteiger partial charge is 0.256 e. The summed E-state index contributed by atoms with van der Waals surface area (Å²) in [5.74, 6) is 0.435. The Hall–Kier alpha value is -2.63. The van der Waals surface area contributed by atoms with E-state index in [0.29, 0.717) is 22.1 Å². The third kappa shape index (κ3) is 3.61. The molecule has 0 atom stereocenters. The first-order valence-electron chi connectivity index (χ1n) is 8.33. The number of pyridine rings is 1. The van der Waals surface area contributed by atoms with E-state index in [-0.39, 0.29) is 5.91 Å². The number of amides is 1. The third-order valence-corrected chi connectivity index (χ3v) is 5.00. The van der Waals surface area contributed by atoms with Crippen molar-refractivity contribution >= 4 is 44.9 Å². The Morgan fingerprint density at radius 1 is 1.04 bits per heavy atom. The lowest BCUT2D eigenvalue weighted by Crippen LogP contribution is -2.14. The number of hydrogen-bond donors (Lipinski definition) is 1. The Morgan fingerprint density at radius 3 is 2.44 bits per heavy atom. The minimum absolute atomic E-state index is 0.194. The second kappa shape index (κ2) is 7.18. The first-order valence-corrected chi connectivity index (χ1v) is 9.50. The normalized spacial score (nSPS) is 10.9. The molecular weight excluding hydrogens is 426 g/mol. The van der Waals surface area contributed by atoms with Crippen molar-refractivity contribution in [1.82, 2.24) is 9.38 Å². The van der Waals surface area contributed by atoms with Crippen LogP contribution in [0.25, 0.3) is 16.9 Å². The number of carbonyl (C=O) groups excluding carboxylic acids is 1. The summed E-state index contributed by atoms with van der Waals surface area (Å²) in [7, 11) is 0. The Balaban J connectivity index is 1.82. The Kier molecular flexibility index (Phi) is 4.72. The fourth-order valence-corrected chi connectivity index (χ4v) is 3.25. The Bertz CT molecular complexity index is 1130. The molecule has 1 amide bonds. The molecule has 0 saturated heterocycles. The second-order valence-corrected chi connectivity index (χ2v) is 7.56. The van der Waals surface area contributed by atoms with Gasteiger partial charge < -0.3 is 5.32 Å². The SMILES string of the molecule is Cc1ccc2nc(-c3ccc(Cl)cc3)c(NC(=O)c3ccc(Br)cc3)n2c1. The van der Waals surface area contributed by atoms with Crippen LogP contribution < -0.4 is 5.32 Å². The maximum absolute atomic E-state index is 12.8. The topological polar surface area (TPSA) is 46.4 Å². The number of nitrogens with zero attached hydrogens (tertiary/aromatic N) is 2. The summed E-state index contributed by atoms with van der Waals surface area (Å²) < 4.78 is 2.82. The van der Waals surface area contributed by atoms with Crippen LogP contribution in [-0.4, -0.2) is 15.3 Å². The third-order valence-electron chi connectivity index (χ3n) is 4.22. The van der Waals surface area contributed by atoms with E-state index in [1.165, 1.54) is 0 Å². The van der Waals surface area contributed by atoms with Gasteiger partial charge in [-0.15, -0.1) is 0 Å². The second-order valence-electron chi connectivity index (χ2n) is 6.21. The molecule has 0 spiro atoms. The molecule has 0 fully saturated rings. The molecule has 0 bridgehead atoms. The van der Waals surface area contributed by atoms with Gasteiger partial charge in [0.2, 0.25) is 0 Å². The van der Waals surface area contributed by atoms with Gasteiger partial charge in [0.25, 0.3) is 5.91 Å². The van der Waals surface area contributed by atoms with E-state index in [2.05, 4.69) is 21.2 Å². The summed E-state index contributed by atoms with van der Waals surface area (Å²) in [6, 6.07) is 18.6. The summed E-state index contributed by atoms with van der Waals surface area (Å²) in [6.07, 6.45) is 1.96. The maximum Gasteiger partial charge on any atom is 0.256 e. The van der Waals surface area contributed by atoms with E-state index >= 15 is 0 Å². The van der Waals surface area contributed by atoms with Crippen molar-refractivity contribution in [2.24, 2.45) is 0 Å². The molecule has 1 N–H and O–H groups in total. The molecule has 4 rings (SSSR count). The highest BCUT2D eigenvalue weighted by Crippen LogP contribution is 2.30. The number of benzene rings is 2. The summed E-state index contributed by atoms with van der Waals surface area (Å²) in [5.41, 5.74) is 3.98. The molecule has 0 radical (unpaired) electrons. The van der Waals surface area contributed by atoms with E-state index in [0.717, 1.165) is 21.2 Å². The van der Waals surface area contributed by atoms with E-state index in [4.69, 9.17) is 16.6 Å². The molecular formula is C21H15BrClN3O. The number of aryl methyl sites for hydroxylation is 1. The first kappa shape index (κ1) is 17.8. The highest BCUT2D eigenvalue weighted by Gasteiger charge is 2.17. The number of fused-ring (bicyclic) bond motifs is 1. The zero-order chi connectivity index (χ0) is 19.0. The van der Waals surface area contributed by atoms with Crippen LogP contribution in [0.5, 0.6) is 0 Å². The highest BCUT2D eigenvalue weighted by atomic mass is 79.9. The van der Waals surface area contributed by atoms with Crippen LogP contribution in [-0.2, 0) is 0 Å². The van der Waals surface area contributed by atoms with Gasteiger partial charge in [0.05, 0.1) is 0 Å². The lowest BCUT2D eigenvalue weighted by Gasteiger charge is -2.09. The van der Waals surface area contributed by atoms with Crippen LogP contribution in [0.2, 0.25) is 5.02 Å². The molecule has 2 aromatic heterocycles. The molecule has 27 heavy (non-hydrogen) atoms. The molecule has 0 aliphatic heterocycles. The number of imidazole rings is 1. The molecule has 4 aromatic rings. The van der Waals surface area contributed by atoms with Crippen molar-refractivity contribution in [3.63, 3.8) is 0 Å². The van der Waals surface area contributed by atoms with Gasteiger partial charge in [0, 0.05) is 26.8 Å². The lowest BCUT2D eigenvalue weighted by atomic mass is 10.1. The minimum Gasteiger partial charge on any atom is -0.306 e. The van der Waals surface area contributed by atoms with Crippen molar-refractivity contribution in [1.29, 1.82) is 0 Å². The van der Waals surface area contributed by atoms with Crippen molar-refractivity contribution in [3.05, 3.63) is 87.5 Å². The van der Waals surface area contributed by atoms with E-state index in [1.807, 2.05) is 66.1 Å². The van der Waals surface area contributed by atoms with Gasteiger partial charge >= 0.3 is 0 Å². The fraction of sp³-hybridized carbons (Fsp3) is 0.0476. The van der Waals surface area contributed by atoms with E-state index in [9.17, 15) is 4.79 Å². The molecule has 134 valence electrons. The van der Waals surface area contributed by atoms with Crippen LogP contribution in [0.15, 0.2) is 71.3 Å². The molecule has 0 saturated carbocycles. The monoisotopic (exact) mass is 439 g/mol. The fourth-order valence-electron chi connectivity index (χ4n) is 2.86. The van der Waals surface area contributed by atoms with Gasteiger partial charge in [-0.1, -0.05) is 45.7 Å². The summed E-state index contributed by atoms with van der Waals surface area (Å²) >= 11 is 9.40. The minimum atomic E-state index is -0.194. The summed E-state index contributed by atoms with van der Waals surface area (Å²) in [5, 5.41) is 3.67. The molecule has 0 unspecified atom stereocenters. The van der Waals surface area contributed by atoms with Crippen molar-refractivity contribution < 1.29 is 4.79 Å². The predicted molar refractivity (Wildman–Crippen MR) is 112 cm³/mol. The van der Waals surface area contributed by atoms with Gasteiger partial charge in [-0.2, -0.15) is 0 Å². The summed E-state index contributed by atoms with van der Waals surface area (Å²) in [4.78, 5) is 17.5. The molecule has 2 heterocycles. The average molecular weight is 441 g/mol. The van der Waals surface area contributed by atoms with E-state index < -0.39 is 0 Å². The predicted octanol–water partition coefficient (Wildman–Crippen LogP) is 5.98. The quantitative estimate of drug-likeness (QED) is 0.426. The van der Waals surface area contributed by atoms with Gasteiger partial charge in [-0.3, -0.25) is 9.20 Å². The number of anilines is 1. The Morgan fingerprint density at radius 2 is 1.74 bits per heavy atom. The molecule has 0 aliphatic carbocycles. The number of aromatic nitrogens is 2. The van der Waals surface area contributed by atoms with Crippen LogP contribution in [0.3, 0.4) is 0 Å². The van der Waals surface area contributed by atoms with Gasteiger partial charge in [0.15, 0.2) is 0 Å². The molecule has 2 aromatic carbocycles. The molecule has 4 nitrogen and oxygen atoms in total. The lowest BCUT2D eigenvalue weighted by molar-refractivity contribution is 0.102. The first-order chi connectivity index (χ1) is 13.0. The number of rotatable bonds is 3. The summed E-state index contributed by atoms with van der Waals surface area (Å²) in [6.45, 7) is 2.00. The molecule has 0 aliphatic rings. The number of nitrogens with one attached hydrogen (secondary N) is 1. The zero-order valence-corrected chi connectivity index (χ0v) is 16.8. The van der Waals surface area contributed by atoms with Crippen LogP contribution in [0.4, 0.5) is 5.82 Å². The number of carbonyl (C=O) groups is 1. The largest absolute Gasteiger partial charge is 0.306 e. The van der Waals surface area contributed by atoms with Gasteiger partial charge in [0.1, 0.15) is 17.2 Å². The van der Waals surface area contributed by atoms with Crippen molar-refractivity contribution in [2.75, 3.05) is 5.32 Å². The molecule has 6 heteroatoms. The van der Waals surface area contributed by atoms with Gasteiger partial charge in [-0.25, -0.2) is 4.98 Å². The van der Waals surface area contributed by atoms with Gasteiger partial charge in [-0.05, 0) is 55.0 Å². The van der Waals surface area contributed by atoms with Crippen LogP contribution in [0, 0.1) is 6.92 Å². The van der Waals surface area contributed by atoms with Crippen LogP contribution >= 0.6 is 27.5 Å². The zero-order valence-electron chi connectivity index (χ0n) is 14.4. The maximum atomic E-state index is 12.8.